The first-order chi connectivity index (χ1) is 9.79. The summed E-state index contributed by atoms with van der Waals surface area (Å²) in [6.07, 6.45) is 10.5. The minimum Gasteiger partial charge on any atom is -0.207 e. The lowest BCUT2D eigenvalue weighted by Gasteiger charge is -2.03. The molecule has 0 aromatic heterocycles. The Labute approximate surface area is 120 Å². The summed E-state index contributed by atoms with van der Waals surface area (Å²) in [5, 5.41) is 0. The SMILES string of the molecule is CC=CCC=CCc1ccc(-c2ccc(F)cc2)cc1. The van der Waals surface area contributed by atoms with Gasteiger partial charge in [-0.15, -0.1) is 0 Å². The van der Waals surface area contributed by atoms with E-state index in [2.05, 4.69) is 48.6 Å². The Balaban J connectivity index is 1.99. The number of halogens is 1. The molecule has 0 amide bonds. The number of rotatable bonds is 5. The number of benzene rings is 2. The highest BCUT2D eigenvalue weighted by Crippen LogP contribution is 2.20. The molecule has 0 bridgehead atoms. The van der Waals surface area contributed by atoms with Crippen LogP contribution in [0.5, 0.6) is 0 Å². The van der Waals surface area contributed by atoms with Gasteiger partial charge in [-0.25, -0.2) is 4.39 Å². The molecule has 0 heterocycles. The van der Waals surface area contributed by atoms with Gasteiger partial charge in [-0.1, -0.05) is 60.7 Å². The number of allylic oxidation sites excluding steroid dienone is 4. The van der Waals surface area contributed by atoms with Gasteiger partial charge in [0.05, 0.1) is 0 Å². The second kappa shape index (κ2) is 7.44. The second-order valence-electron chi connectivity index (χ2n) is 4.68. The zero-order chi connectivity index (χ0) is 14.2. The third-order valence-corrected chi connectivity index (χ3v) is 3.16. The topological polar surface area (TPSA) is 0 Å². The standard InChI is InChI=1S/C19H19F/c1-2-3-4-5-6-7-16-8-10-17(11-9-16)18-12-14-19(20)15-13-18/h2-3,5-6,8-15H,4,7H2,1H3. The molecule has 0 aliphatic heterocycles. The van der Waals surface area contributed by atoms with Crippen LogP contribution in [0.3, 0.4) is 0 Å². The summed E-state index contributed by atoms with van der Waals surface area (Å²) in [5.41, 5.74) is 3.45. The van der Waals surface area contributed by atoms with Gasteiger partial charge in [0.1, 0.15) is 5.82 Å². The van der Waals surface area contributed by atoms with Crippen LogP contribution in [0.25, 0.3) is 11.1 Å². The van der Waals surface area contributed by atoms with E-state index in [0.717, 1.165) is 24.0 Å². The third-order valence-electron chi connectivity index (χ3n) is 3.16. The highest BCUT2D eigenvalue weighted by atomic mass is 19.1. The van der Waals surface area contributed by atoms with E-state index in [-0.39, 0.29) is 5.82 Å². The lowest BCUT2D eigenvalue weighted by Crippen LogP contribution is -1.83. The fraction of sp³-hybridized carbons (Fsp3) is 0.158. The zero-order valence-corrected chi connectivity index (χ0v) is 11.7. The van der Waals surface area contributed by atoms with Crippen LogP contribution >= 0.6 is 0 Å². The molecule has 0 atom stereocenters. The van der Waals surface area contributed by atoms with E-state index in [4.69, 9.17) is 0 Å². The summed E-state index contributed by atoms with van der Waals surface area (Å²) in [4.78, 5) is 0. The maximum atomic E-state index is 12.9. The quantitative estimate of drug-likeness (QED) is 0.622. The van der Waals surface area contributed by atoms with Crippen molar-refractivity contribution in [2.45, 2.75) is 19.8 Å². The summed E-state index contributed by atoms with van der Waals surface area (Å²) in [6, 6.07) is 15.0. The molecule has 0 saturated carbocycles. The van der Waals surface area contributed by atoms with Crippen LogP contribution in [0.1, 0.15) is 18.9 Å². The van der Waals surface area contributed by atoms with Crippen LogP contribution in [0.2, 0.25) is 0 Å². The molecule has 0 saturated heterocycles. The molecule has 0 fully saturated rings. The molecule has 0 nitrogen and oxygen atoms in total. The molecule has 2 aromatic rings. The fourth-order valence-electron chi connectivity index (χ4n) is 2.01. The van der Waals surface area contributed by atoms with Gasteiger partial charge in [-0.05, 0) is 48.6 Å². The van der Waals surface area contributed by atoms with Gasteiger partial charge in [0, 0.05) is 0 Å². The highest BCUT2D eigenvalue weighted by Gasteiger charge is 1.98. The van der Waals surface area contributed by atoms with E-state index in [1.807, 2.05) is 6.92 Å². The smallest absolute Gasteiger partial charge is 0.123 e. The van der Waals surface area contributed by atoms with Gasteiger partial charge < -0.3 is 0 Å². The highest BCUT2D eigenvalue weighted by molar-refractivity contribution is 5.63. The maximum Gasteiger partial charge on any atom is 0.123 e. The van der Waals surface area contributed by atoms with E-state index in [1.165, 1.54) is 17.7 Å². The Bertz CT molecular complexity index is 574. The first kappa shape index (κ1) is 14.3. The number of hydrogen-bond acceptors (Lipinski definition) is 0. The van der Waals surface area contributed by atoms with Gasteiger partial charge in [-0.2, -0.15) is 0 Å². The Morgan fingerprint density at radius 3 is 2.00 bits per heavy atom. The van der Waals surface area contributed by atoms with E-state index in [1.54, 1.807) is 12.1 Å². The third kappa shape index (κ3) is 4.20. The van der Waals surface area contributed by atoms with Crippen LogP contribution in [0.4, 0.5) is 4.39 Å². The Morgan fingerprint density at radius 1 is 0.800 bits per heavy atom. The van der Waals surface area contributed by atoms with Crippen LogP contribution in [-0.2, 0) is 6.42 Å². The molecule has 0 spiro atoms. The Hall–Kier alpha value is -2.15. The summed E-state index contributed by atoms with van der Waals surface area (Å²) in [6.45, 7) is 2.03. The minimum atomic E-state index is -0.198. The van der Waals surface area contributed by atoms with Crippen LogP contribution in [0, 0.1) is 5.82 Å². The van der Waals surface area contributed by atoms with E-state index >= 15 is 0 Å². The molecular weight excluding hydrogens is 247 g/mol. The maximum absolute atomic E-state index is 12.9. The minimum absolute atomic E-state index is 0.198. The molecule has 0 aliphatic rings. The van der Waals surface area contributed by atoms with Crippen molar-refractivity contribution in [2.24, 2.45) is 0 Å². The lowest BCUT2D eigenvalue weighted by molar-refractivity contribution is 0.628. The van der Waals surface area contributed by atoms with Gasteiger partial charge in [0.25, 0.3) is 0 Å². The molecule has 20 heavy (non-hydrogen) atoms. The predicted octanol–water partition coefficient (Wildman–Crippen LogP) is 5.56. The molecule has 0 N–H and O–H groups in total. The van der Waals surface area contributed by atoms with E-state index in [9.17, 15) is 4.39 Å². The Kier molecular flexibility index (Phi) is 5.31. The van der Waals surface area contributed by atoms with Crippen molar-refractivity contribution in [3.8, 4) is 11.1 Å². The van der Waals surface area contributed by atoms with Crippen molar-refractivity contribution in [3.05, 3.63) is 84.2 Å². The number of hydrogen-bond donors (Lipinski definition) is 0. The van der Waals surface area contributed by atoms with Gasteiger partial charge in [0.15, 0.2) is 0 Å². The van der Waals surface area contributed by atoms with Gasteiger partial charge in [0.2, 0.25) is 0 Å². The van der Waals surface area contributed by atoms with Crippen molar-refractivity contribution in [1.82, 2.24) is 0 Å². The lowest BCUT2D eigenvalue weighted by atomic mass is 10.0. The van der Waals surface area contributed by atoms with Gasteiger partial charge in [-0.3, -0.25) is 0 Å². The molecule has 1 heteroatoms. The predicted molar refractivity (Wildman–Crippen MR) is 84.1 cm³/mol. The van der Waals surface area contributed by atoms with Crippen molar-refractivity contribution in [1.29, 1.82) is 0 Å². The largest absolute Gasteiger partial charge is 0.207 e. The van der Waals surface area contributed by atoms with Crippen LogP contribution in [0.15, 0.2) is 72.8 Å². The molecule has 2 rings (SSSR count). The summed E-state index contributed by atoms with van der Waals surface area (Å²) >= 11 is 0. The average Bonchev–Trinajstić information content (AvgIpc) is 2.49. The van der Waals surface area contributed by atoms with Crippen LogP contribution in [-0.4, -0.2) is 0 Å². The molecule has 102 valence electrons. The monoisotopic (exact) mass is 266 g/mol. The normalized spacial score (nSPS) is 11.5. The van der Waals surface area contributed by atoms with Gasteiger partial charge >= 0.3 is 0 Å². The molecule has 0 radical (unpaired) electrons. The second-order valence-corrected chi connectivity index (χ2v) is 4.68. The summed E-state index contributed by atoms with van der Waals surface area (Å²) in [5.74, 6) is -0.198. The van der Waals surface area contributed by atoms with Crippen molar-refractivity contribution in [3.63, 3.8) is 0 Å². The van der Waals surface area contributed by atoms with Crippen LogP contribution < -0.4 is 0 Å². The molecule has 0 unspecified atom stereocenters. The zero-order valence-electron chi connectivity index (χ0n) is 11.7. The van der Waals surface area contributed by atoms with Crippen molar-refractivity contribution in [2.75, 3.05) is 0 Å². The first-order valence-electron chi connectivity index (χ1n) is 6.90. The van der Waals surface area contributed by atoms with Crippen molar-refractivity contribution >= 4 is 0 Å². The molecular formula is C19H19F. The first-order valence-corrected chi connectivity index (χ1v) is 6.90. The summed E-state index contributed by atoms with van der Waals surface area (Å²) in [7, 11) is 0. The molecule has 2 aromatic carbocycles. The summed E-state index contributed by atoms with van der Waals surface area (Å²) < 4.78 is 12.9. The van der Waals surface area contributed by atoms with E-state index < -0.39 is 0 Å². The Morgan fingerprint density at radius 2 is 1.40 bits per heavy atom. The van der Waals surface area contributed by atoms with E-state index in [0.29, 0.717) is 0 Å². The molecule has 0 aliphatic carbocycles. The fourth-order valence-corrected chi connectivity index (χ4v) is 2.01. The van der Waals surface area contributed by atoms with Crippen molar-refractivity contribution < 1.29 is 4.39 Å². The average molecular weight is 266 g/mol.